The van der Waals surface area contributed by atoms with Gasteiger partial charge in [0, 0.05) is 31.6 Å². The third kappa shape index (κ3) is 3.67. The highest BCUT2D eigenvalue weighted by atomic mass is 16.5. The average Bonchev–Trinajstić information content (AvgIpc) is 2.45. The van der Waals surface area contributed by atoms with Crippen LogP contribution in [0.5, 0.6) is 0 Å². The van der Waals surface area contributed by atoms with Crippen molar-refractivity contribution < 1.29 is 4.74 Å². The number of rotatable bonds is 5. The lowest BCUT2D eigenvalue weighted by Crippen LogP contribution is -2.40. The fourth-order valence-electron chi connectivity index (χ4n) is 2.36. The topological polar surface area (TPSA) is 75.2 Å². The minimum atomic E-state index is 0.0117. The molecule has 3 N–H and O–H groups in total. The van der Waals surface area contributed by atoms with E-state index in [9.17, 15) is 0 Å². The summed E-state index contributed by atoms with van der Waals surface area (Å²) in [6.45, 7) is 4.88. The van der Waals surface area contributed by atoms with Gasteiger partial charge in [-0.2, -0.15) is 0 Å². The molecule has 1 fully saturated rings. The Bertz CT molecular complexity index is 435. The van der Waals surface area contributed by atoms with Gasteiger partial charge in [-0.3, -0.25) is 10.4 Å². The van der Waals surface area contributed by atoms with E-state index in [1.165, 1.54) is 0 Å². The molecule has 0 aliphatic carbocycles. The second-order valence-electron chi connectivity index (χ2n) is 4.89. The van der Waals surface area contributed by atoms with Crippen LogP contribution in [-0.4, -0.2) is 36.6 Å². The molecule has 1 aliphatic rings. The summed E-state index contributed by atoms with van der Waals surface area (Å²) in [7, 11) is 0. The minimum absolute atomic E-state index is 0.0117. The highest BCUT2D eigenvalue weighted by Gasteiger charge is 2.20. The van der Waals surface area contributed by atoms with Crippen molar-refractivity contribution in [2.75, 3.05) is 24.6 Å². The van der Waals surface area contributed by atoms with E-state index in [-0.39, 0.29) is 5.84 Å². The Hall–Kier alpha value is -1.62. The van der Waals surface area contributed by atoms with E-state index in [1.807, 2.05) is 12.1 Å². The highest BCUT2D eigenvalue weighted by molar-refractivity contribution is 5.93. The average molecular weight is 262 g/mol. The van der Waals surface area contributed by atoms with E-state index in [1.54, 1.807) is 6.20 Å². The maximum atomic E-state index is 7.45. The number of nitrogens with two attached hydrogens (primary N) is 1. The van der Waals surface area contributed by atoms with E-state index < -0.39 is 0 Å². The number of hydrogen-bond acceptors (Lipinski definition) is 4. The van der Waals surface area contributed by atoms with Crippen molar-refractivity contribution in [3.05, 3.63) is 24.0 Å². The Morgan fingerprint density at radius 3 is 3.21 bits per heavy atom. The number of piperidine rings is 1. The molecule has 1 aromatic heterocycles. The largest absolute Gasteiger partial charge is 0.382 e. The summed E-state index contributed by atoms with van der Waals surface area (Å²) < 4.78 is 5.84. The predicted octanol–water partition coefficient (Wildman–Crippen LogP) is 1.76. The Balaban J connectivity index is 2.04. The maximum absolute atomic E-state index is 7.45. The zero-order valence-corrected chi connectivity index (χ0v) is 11.4. The van der Waals surface area contributed by atoms with Gasteiger partial charge in [0.05, 0.1) is 6.10 Å². The van der Waals surface area contributed by atoms with Gasteiger partial charge in [-0.1, -0.05) is 6.92 Å². The van der Waals surface area contributed by atoms with Crippen LogP contribution in [0.15, 0.2) is 18.3 Å². The first-order chi connectivity index (χ1) is 9.20. The van der Waals surface area contributed by atoms with Crippen LogP contribution >= 0.6 is 0 Å². The summed E-state index contributed by atoms with van der Waals surface area (Å²) in [6, 6.07) is 3.85. The molecule has 5 heteroatoms. The molecule has 104 valence electrons. The van der Waals surface area contributed by atoms with Crippen LogP contribution in [0.2, 0.25) is 0 Å². The third-order valence-corrected chi connectivity index (χ3v) is 3.32. The molecule has 5 nitrogen and oxygen atoms in total. The molecule has 2 rings (SSSR count). The number of aromatic nitrogens is 1. The molecule has 0 saturated carbocycles. The van der Waals surface area contributed by atoms with Gasteiger partial charge in [-0.15, -0.1) is 0 Å². The van der Waals surface area contributed by atoms with Crippen molar-refractivity contribution in [1.82, 2.24) is 4.98 Å². The predicted molar refractivity (Wildman–Crippen MR) is 76.7 cm³/mol. The molecule has 19 heavy (non-hydrogen) atoms. The second-order valence-corrected chi connectivity index (χ2v) is 4.89. The highest BCUT2D eigenvalue weighted by Crippen LogP contribution is 2.21. The molecule has 0 aromatic carbocycles. The normalized spacial score (nSPS) is 19.4. The first-order valence-corrected chi connectivity index (χ1v) is 6.87. The van der Waals surface area contributed by atoms with Gasteiger partial charge in [0.2, 0.25) is 0 Å². The molecule has 0 bridgehead atoms. The first kappa shape index (κ1) is 13.8. The first-order valence-electron chi connectivity index (χ1n) is 6.87. The SMILES string of the molecule is CCCOC1CCCN(c2ccnc(C(=N)N)c2)C1. The van der Waals surface area contributed by atoms with Crippen molar-refractivity contribution in [3.8, 4) is 0 Å². The summed E-state index contributed by atoms with van der Waals surface area (Å²) in [5.74, 6) is 0.0117. The minimum Gasteiger partial charge on any atom is -0.382 e. The van der Waals surface area contributed by atoms with Crippen LogP contribution in [0.25, 0.3) is 0 Å². The van der Waals surface area contributed by atoms with Gasteiger partial charge in [0.1, 0.15) is 11.5 Å². The van der Waals surface area contributed by atoms with Gasteiger partial charge in [0.25, 0.3) is 0 Å². The standard InChI is InChI=1S/C14H22N4O/c1-2-8-19-12-4-3-7-18(10-12)11-5-6-17-13(9-11)14(15)16/h5-6,9,12H,2-4,7-8,10H2,1H3,(H3,15,16). The Morgan fingerprint density at radius 2 is 2.47 bits per heavy atom. The molecule has 0 spiro atoms. The quantitative estimate of drug-likeness (QED) is 0.626. The van der Waals surface area contributed by atoms with Crippen LogP contribution in [0.3, 0.4) is 0 Å². The fraction of sp³-hybridized carbons (Fsp3) is 0.571. The number of anilines is 1. The maximum Gasteiger partial charge on any atom is 0.141 e. The summed E-state index contributed by atoms with van der Waals surface area (Å²) in [4.78, 5) is 6.38. The molecule has 1 aromatic rings. The summed E-state index contributed by atoms with van der Waals surface area (Å²) in [5.41, 5.74) is 7.09. The number of ether oxygens (including phenoxy) is 1. The molecule has 0 radical (unpaired) electrons. The molecule has 1 saturated heterocycles. The van der Waals surface area contributed by atoms with Gasteiger partial charge in [0.15, 0.2) is 0 Å². The van der Waals surface area contributed by atoms with E-state index in [4.69, 9.17) is 15.9 Å². The molecular weight excluding hydrogens is 240 g/mol. The van der Waals surface area contributed by atoms with Gasteiger partial charge in [-0.05, 0) is 31.4 Å². The van der Waals surface area contributed by atoms with E-state index in [0.717, 1.165) is 44.6 Å². The smallest absolute Gasteiger partial charge is 0.141 e. The Morgan fingerprint density at radius 1 is 1.63 bits per heavy atom. The zero-order valence-electron chi connectivity index (χ0n) is 11.4. The lowest BCUT2D eigenvalue weighted by molar-refractivity contribution is 0.0440. The van der Waals surface area contributed by atoms with E-state index in [2.05, 4.69) is 16.8 Å². The van der Waals surface area contributed by atoms with Gasteiger partial charge in [-0.25, -0.2) is 0 Å². The van der Waals surface area contributed by atoms with Crippen LogP contribution in [0.4, 0.5) is 5.69 Å². The van der Waals surface area contributed by atoms with Crippen LogP contribution in [0.1, 0.15) is 31.9 Å². The summed E-state index contributed by atoms with van der Waals surface area (Å²) in [5, 5.41) is 7.45. The zero-order chi connectivity index (χ0) is 13.7. The van der Waals surface area contributed by atoms with Gasteiger partial charge < -0.3 is 15.4 Å². The molecular formula is C14H22N4O. The number of hydrogen-bond donors (Lipinski definition) is 2. The van der Waals surface area contributed by atoms with Crippen molar-refractivity contribution in [1.29, 1.82) is 5.41 Å². The van der Waals surface area contributed by atoms with Crippen molar-refractivity contribution in [2.24, 2.45) is 5.73 Å². The second kappa shape index (κ2) is 6.52. The molecule has 2 heterocycles. The Labute approximate surface area is 114 Å². The van der Waals surface area contributed by atoms with Crippen LogP contribution in [0, 0.1) is 5.41 Å². The number of nitrogen functional groups attached to an aromatic ring is 1. The van der Waals surface area contributed by atoms with Crippen molar-refractivity contribution in [2.45, 2.75) is 32.3 Å². The van der Waals surface area contributed by atoms with Crippen molar-refractivity contribution >= 4 is 11.5 Å². The lowest BCUT2D eigenvalue weighted by Gasteiger charge is -2.34. The van der Waals surface area contributed by atoms with Gasteiger partial charge >= 0.3 is 0 Å². The third-order valence-electron chi connectivity index (χ3n) is 3.32. The molecule has 0 amide bonds. The van der Waals surface area contributed by atoms with E-state index in [0.29, 0.717) is 11.8 Å². The number of nitrogens with one attached hydrogen (secondary N) is 1. The molecule has 1 atom stereocenters. The van der Waals surface area contributed by atoms with Crippen LogP contribution < -0.4 is 10.6 Å². The number of amidine groups is 1. The number of pyridine rings is 1. The lowest BCUT2D eigenvalue weighted by atomic mass is 10.1. The fourth-order valence-corrected chi connectivity index (χ4v) is 2.36. The van der Waals surface area contributed by atoms with Crippen molar-refractivity contribution in [3.63, 3.8) is 0 Å². The summed E-state index contributed by atoms with van der Waals surface area (Å²) in [6.07, 6.45) is 5.33. The number of nitrogens with zero attached hydrogens (tertiary/aromatic N) is 2. The van der Waals surface area contributed by atoms with E-state index >= 15 is 0 Å². The molecule has 1 unspecified atom stereocenters. The Kier molecular flexibility index (Phi) is 4.74. The monoisotopic (exact) mass is 262 g/mol. The molecule has 1 aliphatic heterocycles. The summed E-state index contributed by atoms with van der Waals surface area (Å²) >= 11 is 0. The van der Waals surface area contributed by atoms with Crippen LogP contribution in [-0.2, 0) is 4.74 Å².